The standard InChI is InChI=1S/C16H18N2O3S/c1-22(20,21)12-13-5-7-14(8-6-13)16(19)18-11-9-15-4-2-3-10-17-15/h2-8,10H,9,11-12H2,1H3,(H,18,19). The number of nitrogens with one attached hydrogen (secondary N) is 1. The summed E-state index contributed by atoms with van der Waals surface area (Å²) in [5, 5.41) is 2.82. The van der Waals surface area contributed by atoms with Gasteiger partial charge in [-0.3, -0.25) is 9.78 Å². The van der Waals surface area contributed by atoms with Gasteiger partial charge < -0.3 is 5.32 Å². The Balaban J connectivity index is 1.87. The first-order valence-electron chi connectivity index (χ1n) is 6.89. The molecule has 1 aromatic heterocycles. The third kappa shape index (κ3) is 5.29. The summed E-state index contributed by atoms with van der Waals surface area (Å²) in [6.45, 7) is 0.501. The zero-order valence-corrected chi connectivity index (χ0v) is 13.1. The number of hydrogen-bond donors (Lipinski definition) is 1. The Morgan fingerprint density at radius 3 is 2.45 bits per heavy atom. The van der Waals surface area contributed by atoms with Crippen LogP contribution in [-0.2, 0) is 22.0 Å². The first-order valence-corrected chi connectivity index (χ1v) is 8.95. The van der Waals surface area contributed by atoms with Crippen molar-refractivity contribution in [3.8, 4) is 0 Å². The Morgan fingerprint density at radius 2 is 1.86 bits per heavy atom. The molecule has 0 radical (unpaired) electrons. The van der Waals surface area contributed by atoms with E-state index in [1.54, 1.807) is 30.5 Å². The van der Waals surface area contributed by atoms with Crippen LogP contribution in [-0.4, -0.2) is 32.1 Å². The van der Waals surface area contributed by atoms with Crippen molar-refractivity contribution in [3.05, 3.63) is 65.5 Å². The Labute approximate surface area is 130 Å². The van der Waals surface area contributed by atoms with Crippen LogP contribution in [0.1, 0.15) is 21.6 Å². The van der Waals surface area contributed by atoms with Crippen LogP contribution in [0.2, 0.25) is 0 Å². The average molecular weight is 318 g/mol. The molecule has 22 heavy (non-hydrogen) atoms. The van der Waals surface area contributed by atoms with Gasteiger partial charge in [-0.25, -0.2) is 8.42 Å². The Kier molecular flexibility index (Phi) is 5.27. The van der Waals surface area contributed by atoms with E-state index in [0.717, 1.165) is 5.69 Å². The molecule has 0 spiro atoms. The predicted octanol–water partition coefficient (Wildman–Crippen LogP) is 1.60. The maximum absolute atomic E-state index is 12.0. The van der Waals surface area contributed by atoms with E-state index in [0.29, 0.717) is 24.1 Å². The summed E-state index contributed by atoms with van der Waals surface area (Å²) in [5.74, 6) is -0.198. The smallest absolute Gasteiger partial charge is 0.251 e. The normalized spacial score (nSPS) is 11.1. The molecule has 5 nitrogen and oxygen atoms in total. The van der Waals surface area contributed by atoms with E-state index in [2.05, 4.69) is 10.3 Å². The number of carbonyl (C=O) groups is 1. The maximum atomic E-state index is 12.0. The molecule has 1 amide bonds. The summed E-state index contributed by atoms with van der Waals surface area (Å²) in [7, 11) is -3.06. The lowest BCUT2D eigenvalue weighted by atomic mass is 10.1. The van der Waals surface area contributed by atoms with E-state index >= 15 is 0 Å². The van der Waals surface area contributed by atoms with Crippen molar-refractivity contribution in [1.82, 2.24) is 10.3 Å². The number of benzene rings is 1. The molecule has 0 aliphatic rings. The lowest BCUT2D eigenvalue weighted by Gasteiger charge is -2.06. The van der Waals surface area contributed by atoms with Gasteiger partial charge in [0.1, 0.15) is 0 Å². The SMILES string of the molecule is CS(=O)(=O)Cc1ccc(C(=O)NCCc2ccccn2)cc1. The van der Waals surface area contributed by atoms with Gasteiger partial charge in [-0.15, -0.1) is 0 Å². The minimum absolute atomic E-state index is 0.0193. The van der Waals surface area contributed by atoms with Crippen LogP contribution in [0.4, 0.5) is 0 Å². The van der Waals surface area contributed by atoms with Crippen LogP contribution in [0.15, 0.2) is 48.7 Å². The highest BCUT2D eigenvalue weighted by Gasteiger charge is 2.07. The minimum Gasteiger partial charge on any atom is -0.352 e. The Bertz CT molecular complexity index is 726. The molecule has 6 heteroatoms. The molecule has 0 atom stereocenters. The lowest BCUT2D eigenvalue weighted by molar-refractivity contribution is 0.0954. The summed E-state index contributed by atoms with van der Waals surface area (Å²) in [4.78, 5) is 16.2. The monoisotopic (exact) mass is 318 g/mol. The molecule has 116 valence electrons. The van der Waals surface area contributed by atoms with Gasteiger partial charge in [0.05, 0.1) is 5.75 Å². The highest BCUT2D eigenvalue weighted by atomic mass is 32.2. The summed E-state index contributed by atoms with van der Waals surface area (Å²) < 4.78 is 22.4. The fourth-order valence-electron chi connectivity index (χ4n) is 2.01. The quantitative estimate of drug-likeness (QED) is 0.878. The van der Waals surface area contributed by atoms with Crippen molar-refractivity contribution >= 4 is 15.7 Å². The van der Waals surface area contributed by atoms with Gasteiger partial charge in [0.2, 0.25) is 0 Å². The second-order valence-electron chi connectivity index (χ2n) is 5.09. The molecule has 0 bridgehead atoms. The molecule has 2 rings (SSSR count). The molecule has 0 saturated carbocycles. The van der Waals surface area contributed by atoms with Crippen LogP contribution < -0.4 is 5.32 Å². The number of amides is 1. The number of carbonyl (C=O) groups excluding carboxylic acids is 1. The predicted molar refractivity (Wildman–Crippen MR) is 85.3 cm³/mol. The van der Waals surface area contributed by atoms with Gasteiger partial charge in [0.15, 0.2) is 9.84 Å². The number of nitrogens with zero attached hydrogens (tertiary/aromatic N) is 1. The second-order valence-corrected chi connectivity index (χ2v) is 7.23. The fourth-order valence-corrected chi connectivity index (χ4v) is 2.81. The molecule has 1 heterocycles. The number of aromatic nitrogens is 1. The van der Waals surface area contributed by atoms with Crippen molar-refractivity contribution < 1.29 is 13.2 Å². The maximum Gasteiger partial charge on any atom is 0.251 e. The van der Waals surface area contributed by atoms with E-state index in [1.807, 2.05) is 18.2 Å². The topological polar surface area (TPSA) is 76.1 Å². The Morgan fingerprint density at radius 1 is 1.14 bits per heavy atom. The van der Waals surface area contributed by atoms with E-state index in [1.165, 1.54) is 6.26 Å². The highest BCUT2D eigenvalue weighted by molar-refractivity contribution is 7.89. The fraction of sp³-hybridized carbons (Fsp3) is 0.250. The molecule has 0 saturated heterocycles. The average Bonchev–Trinajstić information content (AvgIpc) is 2.47. The number of hydrogen-bond acceptors (Lipinski definition) is 4. The van der Waals surface area contributed by atoms with Gasteiger partial charge >= 0.3 is 0 Å². The summed E-state index contributed by atoms with van der Waals surface area (Å²) in [5.41, 5.74) is 2.11. The van der Waals surface area contributed by atoms with Crippen LogP contribution >= 0.6 is 0 Å². The van der Waals surface area contributed by atoms with Crippen LogP contribution in [0.3, 0.4) is 0 Å². The third-order valence-electron chi connectivity index (χ3n) is 3.04. The molecule has 1 N–H and O–H groups in total. The van der Waals surface area contributed by atoms with Gasteiger partial charge in [-0.05, 0) is 29.8 Å². The third-order valence-corrected chi connectivity index (χ3v) is 3.90. The molecule has 1 aromatic carbocycles. The zero-order chi connectivity index (χ0) is 16.0. The first-order chi connectivity index (χ1) is 10.4. The van der Waals surface area contributed by atoms with Crippen molar-refractivity contribution in [3.63, 3.8) is 0 Å². The summed E-state index contributed by atoms with van der Waals surface area (Å²) in [6.07, 6.45) is 3.57. The minimum atomic E-state index is -3.06. The van der Waals surface area contributed by atoms with Gasteiger partial charge in [-0.2, -0.15) is 0 Å². The molecule has 0 aliphatic heterocycles. The number of sulfone groups is 1. The van der Waals surface area contributed by atoms with Gasteiger partial charge in [0.25, 0.3) is 5.91 Å². The molecule has 2 aromatic rings. The molecular weight excluding hydrogens is 300 g/mol. The first kappa shape index (κ1) is 16.2. The largest absolute Gasteiger partial charge is 0.352 e. The highest BCUT2D eigenvalue weighted by Crippen LogP contribution is 2.08. The molecular formula is C16H18N2O3S. The van der Waals surface area contributed by atoms with Crippen molar-refractivity contribution in [2.75, 3.05) is 12.8 Å². The van der Waals surface area contributed by atoms with E-state index in [9.17, 15) is 13.2 Å². The van der Waals surface area contributed by atoms with E-state index in [-0.39, 0.29) is 11.7 Å². The summed E-state index contributed by atoms with van der Waals surface area (Å²) >= 11 is 0. The molecule has 0 fully saturated rings. The zero-order valence-electron chi connectivity index (χ0n) is 12.3. The van der Waals surface area contributed by atoms with Crippen LogP contribution in [0.25, 0.3) is 0 Å². The van der Waals surface area contributed by atoms with Crippen molar-refractivity contribution in [2.45, 2.75) is 12.2 Å². The number of rotatable bonds is 6. The van der Waals surface area contributed by atoms with E-state index < -0.39 is 9.84 Å². The van der Waals surface area contributed by atoms with Crippen molar-refractivity contribution in [1.29, 1.82) is 0 Å². The molecule has 0 aliphatic carbocycles. The molecule has 0 unspecified atom stereocenters. The van der Waals surface area contributed by atoms with Gasteiger partial charge in [-0.1, -0.05) is 18.2 Å². The van der Waals surface area contributed by atoms with Crippen molar-refractivity contribution in [2.24, 2.45) is 0 Å². The lowest BCUT2D eigenvalue weighted by Crippen LogP contribution is -2.25. The second kappa shape index (κ2) is 7.17. The van der Waals surface area contributed by atoms with Crippen LogP contribution in [0, 0.1) is 0 Å². The van der Waals surface area contributed by atoms with Gasteiger partial charge in [0, 0.05) is 36.7 Å². The van der Waals surface area contributed by atoms with Crippen LogP contribution in [0.5, 0.6) is 0 Å². The Hall–Kier alpha value is -2.21. The number of pyridine rings is 1. The summed E-state index contributed by atoms with van der Waals surface area (Å²) in [6, 6.07) is 12.3. The van der Waals surface area contributed by atoms with E-state index in [4.69, 9.17) is 0 Å².